The molecule has 0 atom stereocenters. The number of hydrogen-bond acceptors (Lipinski definition) is 2. The van der Waals surface area contributed by atoms with E-state index in [-0.39, 0.29) is 18.4 Å². The molecule has 3 rings (SSSR count). The maximum atomic E-state index is 13.5. The molecule has 0 radical (unpaired) electrons. The van der Waals surface area contributed by atoms with Gasteiger partial charge in [0, 0.05) is 43.2 Å². The lowest BCUT2D eigenvalue weighted by Crippen LogP contribution is -2.44. The van der Waals surface area contributed by atoms with Crippen molar-refractivity contribution in [2.75, 3.05) is 19.6 Å². The fraction of sp³-hybridized carbons (Fsp3) is 0.448. The molecule has 0 bridgehead atoms. The number of nitrogens with one attached hydrogen (secondary N) is 1. The molecule has 1 aromatic heterocycles. The second kappa shape index (κ2) is 12.4. The number of carbonyl (C=O) groups is 2. The molecular formula is C29H39N3O2. The average molecular weight is 462 g/mol. The summed E-state index contributed by atoms with van der Waals surface area (Å²) < 4.78 is 0. The summed E-state index contributed by atoms with van der Waals surface area (Å²) in [6, 6.07) is 16.6. The normalized spacial score (nSPS) is 11.2. The Balaban J connectivity index is 1.76. The third kappa shape index (κ3) is 7.21. The van der Waals surface area contributed by atoms with Gasteiger partial charge >= 0.3 is 0 Å². The Morgan fingerprint density at radius 1 is 0.971 bits per heavy atom. The Hall–Kier alpha value is -3.08. The summed E-state index contributed by atoms with van der Waals surface area (Å²) in [5.74, 6) is 0.400. The van der Waals surface area contributed by atoms with Crippen LogP contribution in [0.15, 0.2) is 54.7 Å². The van der Waals surface area contributed by atoms with E-state index in [0.717, 1.165) is 30.3 Å². The Morgan fingerprint density at radius 2 is 1.71 bits per heavy atom. The van der Waals surface area contributed by atoms with Crippen molar-refractivity contribution in [3.8, 4) is 0 Å². The van der Waals surface area contributed by atoms with Crippen molar-refractivity contribution >= 4 is 22.7 Å². The van der Waals surface area contributed by atoms with Crippen molar-refractivity contribution < 1.29 is 9.59 Å². The third-order valence-corrected chi connectivity index (χ3v) is 6.18. The molecule has 0 aliphatic heterocycles. The molecule has 0 aliphatic rings. The van der Waals surface area contributed by atoms with Gasteiger partial charge in [-0.25, -0.2) is 0 Å². The summed E-state index contributed by atoms with van der Waals surface area (Å²) >= 11 is 0. The summed E-state index contributed by atoms with van der Waals surface area (Å²) in [4.78, 5) is 33.4. The zero-order valence-corrected chi connectivity index (χ0v) is 21.1. The van der Waals surface area contributed by atoms with Crippen LogP contribution < -0.4 is 0 Å². The first-order valence-corrected chi connectivity index (χ1v) is 12.5. The summed E-state index contributed by atoms with van der Waals surface area (Å²) in [5, 5.41) is 1.20. The van der Waals surface area contributed by atoms with Gasteiger partial charge in [-0.15, -0.1) is 0 Å². The first kappa shape index (κ1) is 25.5. The Morgan fingerprint density at radius 3 is 2.41 bits per heavy atom. The average Bonchev–Trinajstić information content (AvgIpc) is 3.23. The number of benzene rings is 2. The molecule has 2 amide bonds. The number of H-pyrrole nitrogens is 1. The van der Waals surface area contributed by atoms with Crippen LogP contribution in [0.1, 0.15) is 56.7 Å². The van der Waals surface area contributed by atoms with Crippen LogP contribution in [0.25, 0.3) is 10.9 Å². The van der Waals surface area contributed by atoms with Crippen molar-refractivity contribution in [2.24, 2.45) is 5.92 Å². The van der Waals surface area contributed by atoms with Crippen LogP contribution in [0.4, 0.5) is 0 Å². The molecule has 182 valence electrons. The Labute approximate surface area is 204 Å². The van der Waals surface area contributed by atoms with Crippen LogP contribution in [0.5, 0.6) is 0 Å². The molecule has 1 heterocycles. The van der Waals surface area contributed by atoms with Crippen LogP contribution in [-0.4, -0.2) is 46.2 Å². The number of rotatable bonds is 12. The number of para-hydroxylation sites is 1. The molecule has 0 saturated heterocycles. The van der Waals surface area contributed by atoms with Crippen molar-refractivity contribution in [2.45, 2.75) is 59.9 Å². The summed E-state index contributed by atoms with van der Waals surface area (Å²) in [5.41, 5.74) is 4.62. The van der Waals surface area contributed by atoms with Crippen molar-refractivity contribution in [1.29, 1.82) is 0 Å². The minimum absolute atomic E-state index is 0.00548. The molecular weight excluding hydrogens is 422 g/mol. The topological polar surface area (TPSA) is 56.4 Å². The lowest BCUT2D eigenvalue weighted by Gasteiger charge is -2.29. The molecule has 34 heavy (non-hydrogen) atoms. The van der Waals surface area contributed by atoms with Gasteiger partial charge in [0.15, 0.2) is 0 Å². The standard InChI is InChI=1S/C29H39N3O2/c1-5-6-11-28(33)32(19-22(2)3)21-29(34)31(20-24-14-12-23(4)13-15-24)17-16-25-18-30-27-10-8-7-9-26(25)27/h7-10,12-15,18,22,30H,5-6,11,16-17,19-21H2,1-4H3. The van der Waals surface area contributed by atoms with Crippen molar-refractivity contribution in [3.05, 3.63) is 71.4 Å². The van der Waals surface area contributed by atoms with E-state index in [4.69, 9.17) is 0 Å². The van der Waals surface area contributed by atoms with E-state index >= 15 is 0 Å². The molecule has 0 unspecified atom stereocenters. The molecule has 5 heteroatoms. The summed E-state index contributed by atoms with van der Waals surface area (Å²) in [6.07, 6.45) is 5.13. The van der Waals surface area contributed by atoms with Gasteiger partial charge < -0.3 is 14.8 Å². The second-order valence-corrected chi connectivity index (χ2v) is 9.68. The maximum Gasteiger partial charge on any atom is 0.242 e. The summed E-state index contributed by atoms with van der Waals surface area (Å²) in [7, 11) is 0. The van der Waals surface area contributed by atoms with E-state index in [9.17, 15) is 9.59 Å². The third-order valence-electron chi connectivity index (χ3n) is 6.18. The molecule has 5 nitrogen and oxygen atoms in total. The monoisotopic (exact) mass is 461 g/mol. The molecule has 2 aromatic carbocycles. The Kier molecular flexibility index (Phi) is 9.32. The van der Waals surface area contributed by atoms with Crippen LogP contribution in [-0.2, 0) is 22.6 Å². The van der Waals surface area contributed by atoms with Crippen molar-refractivity contribution in [1.82, 2.24) is 14.8 Å². The number of unbranched alkanes of at least 4 members (excludes halogenated alkanes) is 1. The van der Waals surface area contributed by atoms with Gasteiger partial charge in [0.1, 0.15) is 0 Å². The summed E-state index contributed by atoms with van der Waals surface area (Å²) in [6.45, 7) is 10.2. The predicted molar refractivity (Wildman–Crippen MR) is 140 cm³/mol. The van der Waals surface area contributed by atoms with E-state index in [0.29, 0.717) is 32.0 Å². The van der Waals surface area contributed by atoms with Gasteiger partial charge in [0.2, 0.25) is 11.8 Å². The molecule has 0 spiro atoms. The quantitative estimate of drug-likeness (QED) is 0.375. The van der Waals surface area contributed by atoms with Crippen LogP contribution in [0.3, 0.4) is 0 Å². The Bertz CT molecular complexity index is 1070. The second-order valence-electron chi connectivity index (χ2n) is 9.68. The highest BCUT2D eigenvalue weighted by molar-refractivity contribution is 5.85. The molecule has 0 saturated carbocycles. The lowest BCUT2D eigenvalue weighted by atomic mass is 10.1. The zero-order chi connectivity index (χ0) is 24.5. The van der Waals surface area contributed by atoms with Crippen LogP contribution in [0, 0.1) is 12.8 Å². The number of aromatic nitrogens is 1. The highest BCUT2D eigenvalue weighted by Crippen LogP contribution is 2.19. The highest BCUT2D eigenvalue weighted by Gasteiger charge is 2.22. The zero-order valence-electron chi connectivity index (χ0n) is 21.1. The number of hydrogen-bond donors (Lipinski definition) is 1. The van der Waals surface area contributed by atoms with Gasteiger partial charge in [0.25, 0.3) is 0 Å². The molecule has 1 N–H and O–H groups in total. The van der Waals surface area contributed by atoms with Crippen molar-refractivity contribution in [3.63, 3.8) is 0 Å². The van der Waals surface area contributed by atoms with Gasteiger partial charge in [-0.05, 0) is 42.9 Å². The van der Waals surface area contributed by atoms with E-state index in [1.165, 1.54) is 16.5 Å². The highest BCUT2D eigenvalue weighted by atomic mass is 16.2. The fourth-order valence-electron chi connectivity index (χ4n) is 4.24. The largest absolute Gasteiger partial charge is 0.361 e. The van der Waals surface area contributed by atoms with Gasteiger partial charge in [-0.1, -0.05) is 75.2 Å². The first-order chi connectivity index (χ1) is 16.4. The van der Waals surface area contributed by atoms with Gasteiger partial charge in [-0.3, -0.25) is 9.59 Å². The smallest absolute Gasteiger partial charge is 0.242 e. The van der Waals surface area contributed by atoms with Crippen LogP contribution in [0.2, 0.25) is 0 Å². The van der Waals surface area contributed by atoms with E-state index in [1.807, 2.05) is 23.2 Å². The molecule has 0 aliphatic carbocycles. The molecule has 3 aromatic rings. The van der Waals surface area contributed by atoms with Gasteiger partial charge in [-0.2, -0.15) is 0 Å². The van der Waals surface area contributed by atoms with E-state index in [1.54, 1.807) is 4.90 Å². The number of fused-ring (bicyclic) bond motifs is 1. The fourth-order valence-corrected chi connectivity index (χ4v) is 4.24. The first-order valence-electron chi connectivity index (χ1n) is 12.5. The van der Waals surface area contributed by atoms with E-state index in [2.05, 4.69) is 69.1 Å². The van der Waals surface area contributed by atoms with Gasteiger partial charge in [0.05, 0.1) is 6.54 Å². The number of aromatic amines is 1. The maximum absolute atomic E-state index is 13.5. The minimum atomic E-state index is 0.00548. The van der Waals surface area contributed by atoms with Crippen LogP contribution >= 0.6 is 0 Å². The SMILES string of the molecule is CCCCC(=O)N(CC(=O)N(CCc1c[nH]c2ccccc12)Cc1ccc(C)cc1)CC(C)C. The number of aryl methyl sites for hydroxylation is 1. The number of nitrogens with zero attached hydrogens (tertiary/aromatic N) is 2. The molecule has 0 fully saturated rings. The minimum Gasteiger partial charge on any atom is -0.361 e. The number of amides is 2. The predicted octanol–water partition coefficient (Wildman–Crippen LogP) is 5.72. The lowest BCUT2D eigenvalue weighted by molar-refractivity contribution is -0.141. The number of carbonyl (C=O) groups excluding carboxylic acids is 2. The van der Waals surface area contributed by atoms with E-state index < -0.39 is 0 Å².